The molecule has 0 fully saturated rings. The lowest BCUT2D eigenvalue weighted by Gasteiger charge is -2.23. The van der Waals surface area contributed by atoms with Crippen LogP contribution < -0.4 is 4.74 Å². The summed E-state index contributed by atoms with van der Waals surface area (Å²) in [5.41, 5.74) is 0.961. The first-order valence-electron chi connectivity index (χ1n) is 9.09. The summed E-state index contributed by atoms with van der Waals surface area (Å²) < 4.78 is 11.0. The maximum Gasteiger partial charge on any atom is 0.347 e. The highest BCUT2D eigenvalue weighted by atomic mass is 16.6. The van der Waals surface area contributed by atoms with Crippen LogP contribution in [0.1, 0.15) is 54.0 Å². The molecule has 2 amide bonds. The van der Waals surface area contributed by atoms with Crippen molar-refractivity contribution in [3.63, 3.8) is 0 Å². The Bertz CT molecular complexity index is 894. The van der Waals surface area contributed by atoms with E-state index in [4.69, 9.17) is 9.47 Å². The molecular weight excluding hydrogens is 358 g/mol. The summed E-state index contributed by atoms with van der Waals surface area (Å²) in [6.07, 6.45) is -0.784. The van der Waals surface area contributed by atoms with Crippen LogP contribution in [0.2, 0.25) is 0 Å². The Morgan fingerprint density at radius 2 is 1.61 bits per heavy atom. The van der Waals surface area contributed by atoms with Crippen molar-refractivity contribution in [1.29, 1.82) is 0 Å². The fourth-order valence-corrected chi connectivity index (χ4v) is 2.92. The number of hydrogen-bond donors (Lipinski definition) is 0. The van der Waals surface area contributed by atoms with Crippen molar-refractivity contribution in [3.05, 3.63) is 65.2 Å². The Morgan fingerprint density at radius 3 is 2.18 bits per heavy atom. The van der Waals surface area contributed by atoms with Crippen LogP contribution in [0.3, 0.4) is 0 Å². The van der Waals surface area contributed by atoms with E-state index in [2.05, 4.69) is 0 Å². The topological polar surface area (TPSA) is 72.9 Å². The first kappa shape index (κ1) is 19.6. The second-order valence-electron chi connectivity index (χ2n) is 7.68. The lowest BCUT2D eigenvalue weighted by atomic mass is 10.1. The van der Waals surface area contributed by atoms with Gasteiger partial charge in [-0.3, -0.25) is 14.5 Å². The molecule has 0 N–H and O–H groups in total. The van der Waals surface area contributed by atoms with Crippen molar-refractivity contribution in [2.75, 3.05) is 0 Å². The lowest BCUT2D eigenvalue weighted by molar-refractivity contribution is -0.162. The molecule has 0 aliphatic carbocycles. The Kier molecular flexibility index (Phi) is 5.23. The predicted octanol–water partition coefficient (Wildman–Crippen LogP) is 3.59. The summed E-state index contributed by atoms with van der Waals surface area (Å²) in [7, 11) is 0. The zero-order valence-corrected chi connectivity index (χ0v) is 16.4. The van der Waals surface area contributed by atoms with E-state index in [1.165, 1.54) is 4.90 Å². The van der Waals surface area contributed by atoms with Gasteiger partial charge in [0.05, 0.1) is 17.7 Å². The third kappa shape index (κ3) is 4.22. The fourth-order valence-electron chi connectivity index (χ4n) is 2.92. The second kappa shape index (κ2) is 7.46. The van der Waals surface area contributed by atoms with Gasteiger partial charge in [0.1, 0.15) is 11.4 Å². The molecule has 0 saturated heterocycles. The molecule has 1 heterocycles. The Morgan fingerprint density at radius 1 is 1.00 bits per heavy atom. The molecule has 1 aliphatic rings. The number of ether oxygens (including phenoxy) is 2. The van der Waals surface area contributed by atoms with E-state index >= 15 is 0 Å². The SMILES string of the molecule is C[C@H](Oc1cccc(CN2C(=O)c3ccccc3C2=O)c1)C(=O)OC(C)(C)C. The van der Waals surface area contributed by atoms with Crippen molar-refractivity contribution in [1.82, 2.24) is 4.90 Å². The molecule has 0 radical (unpaired) electrons. The molecule has 0 aromatic heterocycles. The molecule has 2 aromatic rings. The van der Waals surface area contributed by atoms with Crippen LogP contribution in [-0.4, -0.2) is 34.4 Å². The minimum atomic E-state index is -0.784. The standard InChI is InChI=1S/C22H23NO5/c1-14(21(26)28-22(2,3)4)27-16-9-7-8-15(12-16)13-23-19(24)17-10-5-6-11-18(17)20(23)25/h5-12,14H,13H2,1-4H3/t14-/m0/s1. The van der Waals surface area contributed by atoms with Crippen LogP contribution in [0.4, 0.5) is 0 Å². The maximum absolute atomic E-state index is 12.5. The minimum Gasteiger partial charge on any atom is -0.479 e. The third-order valence-corrected chi connectivity index (χ3v) is 4.17. The number of imide groups is 1. The normalized spacial score (nSPS) is 14.6. The fraction of sp³-hybridized carbons (Fsp3) is 0.318. The monoisotopic (exact) mass is 381 g/mol. The van der Waals surface area contributed by atoms with Gasteiger partial charge in [-0.25, -0.2) is 4.79 Å². The maximum atomic E-state index is 12.5. The highest BCUT2D eigenvalue weighted by molar-refractivity contribution is 6.21. The van der Waals surface area contributed by atoms with Crippen molar-refractivity contribution in [3.8, 4) is 5.75 Å². The Hall–Kier alpha value is -3.15. The quantitative estimate of drug-likeness (QED) is 0.585. The van der Waals surface area contributed by atoms with Gasteiger partial charge < -0.3 is 9.47 Å². The van der Waals surface area contributed by atoms with Crippen molar-refractivity contribution >= 4 is 17.8 Å². The molecular formula is C22H23NO5. The highest BCUT2D eigenvalue weighted by Gasteiger charge is 2.35. The highest BCUT2D eigenvalue weighted by Crippen LogP contribution is 2.25. The molecule has 0 saturated carbocycles. The van der Waals surface area contributed by atoms with E-state index in [1.807, 2.05) is 0 Å². The summed E-state index contributed by atoms with van der Waals surface area (Å²) in [5.74, 6) is -0.617. The van der Waals surface area contributed by atoms with Gasteiger partial charge in [-0.15, -0.1) is 0 Å². The number of hydrogen-bond acceptors (Lipinski definition) is 5. The lowest BCUT2D eigenvalue weighted by Crippen LogP contribution is -2.33. The summed E-state index contributed by atoms with van der Waals surface area (Å²) >= 11 is 0. The van der Waals surface area contributed by atoms with Crippen LogP contribution in [0.15, 0.2) is 48.5 Å². The Labute approximate surface area is 164 Å². The second-order valence-corrected chi connectivity index (χ2v) is 7.68. The number of nitrogens with zero attached hydrogens (tertiary/aromatic N) is 1. The Balaban J connectivity index is 1.70. The largest absolute Gasteiger partial charge is 0.479 e. The van der Waals surface area contributed by atoms with Gasteiger partial charge in [0, 0.05) is 0 Å². The van der Waals surface area contributed by atoms with Gasteiger partial charge >= 0.3 is 5.97 Å². The number of benzene rings is 2. The van der Waals surface area contributed by atoms with Crippen molar-refractivity contribution < 1.29 is 23.9 Å². The molecule has 6 heteroatoms. The van der Waals surface area contributed by atoms with Crippen LogP contribution in [-0.2, 0) is 16.1 Å². The van der Waals surface area contributed by atoms with Crippen LogP contribution in [0.25, 0.3) is 0 Å². The number of carbonyl (C=O) groups is 3. The van der Waals surface area contributed by atoms with E-state index < -0.39 is 17.7 Å². The zero-order valence-electron chi connectivity index (χ0n) is 16.4. The molecule has 1 atom stereocenters. The minimum absolute atomic E-state index is 0.129. The van der Waals surface area contributed by atoms with Gasteiger partial charge in [-0.05, 0) is 57.5 Å². The molecule has 0 bridgehead atoms. The number of carbonyl (C=O) groups excluding carboxylic acids is 3. The molecule has 2 aromatic carbocycles. The number of rotatable bonds is 5. The molecule has 0 unspecified atom stereocenters. The summed E-state index contributed by atoms with van der Waals surface area (Å²) in [4.78, 5) is 38.3. The zero-order chi connectivity index (χ0) is 20.5. The summed E-state index contributed by atoms with van der Waals surface area (Å²) in [6.45, 7) is 7.12. The van der Waals surface area contributed by atoms with E-state index in [-0.39, 0.29) is 18.4 Å². The first-order chi connectivity index (χ1) is 13.2. The van der Waals surface area contributed by atoms with Crippen LogP contribution >= 0.6 is 0 Å². The van der Waals surface area contributed by atoms with E-state index in [1.54, 1.807) is 76.2 Å². The van der Waals surface area contributed by atoms with Gasteiger partial charge in [0.15, 0.2) is 6.10 Å². The average Bonchev–Trinajstić information content (AvgIpc) is 2.86. The van der Waals surface area contributed by atoms with Gasteiger partial charge in [0.2, 0.25) is 0 Å². The van der Waals surface area contributed by atoms with Gasteiger partial charge in [-0.1, -0.05) is 24.3 Å². The summed E-state index contributed by atoms with van der Waals surface area (Å²) in [6, 6.07) is 13.8. The van der Waals surface area contributed by atoms with Gasteiger partial charge in [-0.2, -0.15) is 0 Å². The van der Waals surface area contributed by atoms with Crippen molar-refractivity contribution in [2.24, 2.45) is 0 Å². The molecule has 6 nitrogen and oxygen atoms in total. The number of amides is 2. The van der Waals surface area contributed by atoms with E-state index in [0.717, 1.165) is 5.56 Å². The first-order valence-corrected chi connectivity index (χ1v) is 9.09. The molecule has 28 heavy (non-hydrogen) atoms. The smallest absolute Gasteiger partial charge is 0.347 e. The van der Waals surface area contributed by atoms with E-state index in [0.29, 0.717) is 16.9 Å². The van der Waals surface area contributed by atoms with E-state index in [9.17, 15) is 14.4 Å². The molecule has 146 valence electrons. The van der Waals surface area contributed by atoms with Crippen LogP contribution in [0.5, 0.6) is 5.75 Å². The number of fused-ring (bicyclic) bond motifs is 1. The van der Waals surface area contributed by atoms with Gasteiger partial charge in [0.25, 0.3) is 11.8 Å². The molecule has 0 spiro atoms. The third-order valence-electron chi connectivity index (χ3n) is 4.17. The summed E-state index contributed by atoms with van der Waals surface area (Å²) in [5, 5.41) is 0. The molecule has 1 aliphatic heterocycles. The van der Waals surface area contributed by atoms with Crippen molar-refractivity contribution in [2.45, 2.75) is 45.9 Å². The molecule has 3 rings (SSSR count). The van der Waals surface area contributed by atoms with Crippen LogP contribution in [0, 0.1) is 0 Å². The average molecular weight is 381 g/mol. The number of esters is 1. The predicted molar refractivity (Wildman–Crippen MR) is 103 cm³/mol.